The fourth-order valence-electron chi connectivity index (χ4n) is 5.37. The monoisotopic (exact) mass is 536 g/mol. The first-order chi connectivity index (χ1) is 18.8. The van der Waals surface area contributed by atoms with Crippen molar-refractivity contribution >= 4 is 5.97 Å². The maximum atomic E-state index is 13.4. The maximum absolute atomic E-state index is 13.4. The molecule has 0 amide bonds. The largest absolute Gasteiger partial charge is 0.493 e. The Morgan fingerprint density at radius 2 is 1.62 bits per heavy atom. The average molecular weight is 537 g/mol. The van der Waals surface area contributed by atoms with Crippen LogP contribution in [-0.2, 0) is 11.2 Å². The molecule has 39 heavy (non-hydrogen) atoms. The van der Waals surface area contributed by atoms with E-state index in [4.69, 9.17) is 33.2 Å². The third-order valence-electron chi connectivity index (χ3n) is 7.59. The van der Waals surface area contributed by atoms with E-state index in [1.54, 1.807) is 44.4 Å². The number of rotatable bonds is 6. The maximum Gasteiger partial charge on any atom is 0.338 e. The van der Waals surface area contributed by atoms with Crippen LogP contribution in [0.3, 0.4) is 0 Å². The van der Waals surface area contributed by atoms with Gasteiger partial charge in [0.1, 0.15) is 5.60 Å². The molecular weight excluding hydrogens is 504 g/mol. The van der Waals surface area contributed by atoms with Crippen molar-refractivity contribution in [2.45, 2.75) is 32.0 Å². The third kappa shape index (κ3) is 4.27. The smallest absolute Gasteiger partial charge is 0.338 e. The lowest BCUT2D eigenvalue weighted by Gasteiger charge is -2.41. The molecule has 9 heteroatoms. The van der Waals surface area contributed by atoms with Gasteiger partial charge >= 0.3 is 5.97 Å². The number of carbonyl (C=O) groups is 1. The van der Waals surface area contributed by atoms with Gasteiger partial charge in [0.2, 0.25) is 18.3 Å². The zero-order valence-corrected chi connectivity index (χ0v) is 22.8. The highest BCUT2D eigenvalue weighted by Gasteiger charge is 2.47. The fourth-order valence-corrected chi connectivity index (χ4v) is 5.37. The molecule has 0 saturated carbocycles. The van der Waals surface area contributed by atoms with E-state index in [0.29, 0.717) is 63.2 Å². The van der Waals surface area contributed by atoms with E-state index in [1.807, 2.05) is 19.1 Å². The summed E-state index contributed by atoms with van der Waals surface area (Å²) in [5.74, 6) is 1.51. The summed E-state index contributed by atoms with van der Waals surface area (Å²) in [4.78, 5) is 13.4. The molecule has 2 aliphatic rings. The molecule has 1 aliphatic carbocycles. The van der Waals surface area contributed by atoms with Crippen LogP contribution >= 0.6 is 0 Å². The Morgan fingerprint density at radius 3 is 2.26 bits per heavy atom. The first kappa shape index (κ1) is 26.5. The summed E-state index contributed by atoms with van der Waals surface area (Å²) in [6, 6.07) is 12.3. The van der Waals surface area contributed by atoms with Crippen molar-refractivity contribution in [3.63, 3.8) is 0 Å². The fraction of sp³-hybridized carbons (Fsp3) is 0.367. The Bertz CT molecular complexity index is 1400. The van der Waals surface area contributed by atoms with Gasteiger partial charge in [0.05, 0.1) is 34.0 Å². The molecule has 0 fully saturated rings. The molecule has 3 aromatic rings. The van der Waals surface area contributed by atoms with Crippen LogP contribution in [0.5, 0.6) is 34.5 Å². The van der Waals surface area contributed by atoms with Crippen molar-refractivity contribution in [2.75, 3.05) is 35.2 Å². The number of carbonyl (C=O) groups excluding carboxylic acids is 1. The number of fused-ring (bicyclic) bond motifs is 4. The van der Waals surface area contributed by atoms with Crippen LogP contribution in [0.25, 0.3) is 11.1 Å². The predicted molar refractivity (Wildman–Crippen MR) is 142 cm³/mol. The van der Waals surface area contributed by atoms with E-state index >= 15 is 0 Å². The molecule has 1 N–H and O–H groups in total. The van der Waals surface area contributed by atoms with Gasteiger partial charge in [-0.1, -0.05) is 25.1 Å². The Hall–Kier alpha value is -4.11. The highest BCUT2D eigenvalue weighted by atomic mass is 16.7. The quantitative estimate of drug-likeness (QED) is 0.438. The molecule has 5 rings (SSSR count). The van der Waals surface area contributed by atoms with Crippen molar-refractivity contribution in [3.8, 4) is 45.6 Å². The number of hydrogen-bond acceptors (Lipinski definition) is 9. The minimum absolute atomic E-state index is 0.0507. The number of esters is 1. The topological polar surface area (TPSA) is 102 Å². The van der Waals surface area contributed by atoms with Gasteiger partial charge in [-0.3, -0.25) is 0 Å². The third-order valence-corrected chi connectivity index (χ3v) is 7.59. The van der Waals surface area contributed by atoms with E-state index in [2.05, 4.69) is 0 Å². The highest BCUT2D eigenvalue weighted by molar-refractivity contribution is 5.91. The number of hydrogen-bond donors (Lipinski definition) is 1. The number of aliphatic hydroxyl groups is 1. The standard InChI is InChI=1S/C30H32O9/c1-16-12-18-13-21-25(38-15-37-21)26(35-5)22(18)23-19(14-20(33-3)24(34-4)27(23)36-6)28(30(16,2)32)39-29(31)17-10-8-7-9-11-17/h7-11,13-14,16,28,32H,12,15H2,1-6H3/t16?,28?,30-/m0/s1. The van der Waals surface area contributed by atoms with Crippen LogP contribution in [0, 0.1) is 5.92 Å². The second-order valence-electron chi connectivity index (χ2n) is 9.77. The molecule has 9 nitrogen and oxygen atoms in total. The van der Waals surface area contributed by atoms with Gasteiger partial charge in [-0.2, -0.15) is 0 Å². The molecule has 0 bridgehead atoms. The van der Waals surface area contributed by atoms with Crippen LogP contribution < -0.4 is 28.4 Å². The molecule has 3 aromatic carbocycles. The van der Waals surface area contributed by atoms with Crippen LogP contribution in [-0.4, -0.2) is 51.9 Å². The summed E-state index contributed by atoms with van der Waals surface area (Å²) < 4.78 is 40.9. The number of ether oxygens (including phenoxy) is 7. The Morgan fingerprint density at radius 1 is 0.923 bits per heavy atom. The van der Waals surface area contributed by atoms with Crippen molar-refractivity contribution in [3.05, 3.63) is 59.2 Å². The predicted octanol–water partition coefficient (Wildman–Crippen LogP) is 4.96. The van der Waals surface area contributed by atoms with E-state index in [1.165, 1.54) is 21.3 Å². The molecule has 1 heterocycles. The molecule has 206 valence electrons. The summed E-state index contributed by atoms with van der Waals surface area (Å²) in [5, 5.41) is 12.1. The lowest BCUT2D eigenvalue weighted by atomic mass is 9.73. The van der Waals surface area contributed by atoms with Gasteiger partial charge in [-0.05, 0) is 49.1 Å². The summed E-state index contributed by atoms with van der Waals surface area (Å²) >= 11 is 0. The van der Waals surface area contributed by atoms with Crippen LogP contribution in [0.4, 0.5) is 0 Å². The minimum atomic E-state index is -1.51. The minimum Gasteiger partial charge on any atom is -0.493 e. The molecule has 0 aromatic heterocycles. The van der Waals surface area contributed by atoms with Gasteiger partial charge in [0, 0.05) is 16.7 Å². The van der Waals surface area contributed by atoms with Gasteiger partial charge in [0.25, 0.3) is 0 Å². The van der Waals surface area contributed by atoms with Gasteiger partial charge < -0.3 is 38.3 Å². The molecule has 3 atom stereocenters. The Kier molecular flexibility index (Phi) is 6.94. The van der Waals surface area contributed by atoms with Crippen LogP contribution in [0.1, 0.15) is 41.4 Å². The van der Waals surface area contributed by atoms with E-state index in [-0.39, 0.29) is 12.7 Å². The van der Waals surface area contributed by atoms with Crippen molar-refractivity contribution in [2.24, 2.45) is 5.92 Å². The molecule has 0 saturated heterocycles. The van der Waals surface area contributed by atoms with Gasteiger partial charge in [-0.15, -0.1) is 0 Å². The van der Waals surface area contributed by atoms with Gasteiger partial charge in [-0.25, -0.2) is 4.79 Å². The highest BCUT2D eigenvalue weighted by Crippen LogP contribution is 2.59. The Balaban J connectivity index is 1.87. The van der Waals surface area contributed by atoms with E-state index < -0.39 is 17.7 Å². The summed E-state index contributed by atoms with van der Waals surface area (Å²) in [6.07, 6.45) is -0.710. The lowest BCUT2D eigenvalue weighted by Crippen LogP contribution is -2.43. The van der Waals surface area contributed by atoms with E-state index in [0.717, 1.165) is 5.56 Å². The Labute approximate surface area is 227 Å². The van der Waals surface area contributed by atoms with Crippen LogP contribution in [0.2, 0.25) is 0 Å². The van der Waals surface area contributed by atoms with E-state index in [9.17, 15) is 9.90 Å². The average Bonchev–Trinajstić information content (AvgIpc) is 3.42. The number of benzene rings is 3. The SMILES string of the molecule is COc1cc2c(c(OC)c1OC)-c1c(cc3c(c1OC)OCO3)CC(C)[C@](C)(O)C2OC(=O)c1ccccc1. The van der Waals surface area contributed by atoms with Crippen molar-refractivity contribution in [1.82, 2.24) is 0 Å². The summed E-state index contributed by atoms with van der Waals surface area (Å²) in [7, 11) is 6.08. The van der Waals surface area contributed by atoms with Crippen LogP contribution in [0.15, 0.2) is 42.5 Å². The zero-order valence-electron chi connectivity index (χ0n) is 22.8. The summed E-state index contributed by atoms with van der Waals surface area (Å²) in [6.45, 7) is 3.63. The molecule has 2 unspecified atom stereocenters. The first-order valence-corrected chi connectivity index (χ1v) is 12.6. The second kappa shape index (κ2) is 10.2. The summed E-state index contributed by atoms with van der Waals surface area (Å²) in [5.41, 5.74) is 1.34. The molecular formula is C30H32O9. The van der Waals surface area contributed by atoms with Crippen molar-refractivity contribution in [1.29, 1.82) is 0 Å². The van der Waals surface area contributed by atoms with Gasteiger partial charge in [0.15, 0.2) is 29.1 Å². The normalized spacial score (nSPS) is 21.1. The van der Waals surface area contributed by atoms with Crippen molar-refractivity contribution < 1.29 is 43.1 Å². The second-order valence-corrected chi connectivity index (χ2v) is 9.77. The lowest BCUT2D eigenvalue weighted by molar-refractivity contribution is -0.107. The molecule has 1 aliphatic heterocycles. The number of methoxy groups -OCH3 is 4. The molecule has 0 spiro atoms. The zero-order chi connectivity index (χ0) is 27.9. The molecule has 0 radical (unpaired) electrons. The first-order valence-electron chi connectivity index (χ1n) is 12.6.